The third-order valence-corrected chi connectivity index (χ3v) is 4.60. The zero-order valence-electron chi connectivity index (χ0n) is 12.5. The van der Waals surface area contributed by atoms with Crippen LogP contribution in [-0.4, -0.2) is 22.4 Å². The van der Waals surface area contributed by atoms with E-state index in [1.54, 1.807) is 6.92 Å². The van der Waals surface area contributed by atoms with E-state index in [-0.39, 0.29) is 23.7 Å². The predicted octanol–water partition coefficient (Wildman–Crippen LogP) is 3.07. The highest BCUT2D eigenvalue weighted by Gasteiger charge is 2.28. The first-order valence-corrected chi connectivity index (χ1v) is 7.93. The summed E-state index contributed by atoms with van der Waals surface area (Å²) in [5, 5.41) is 0.831. The molecule has 0 saturated carbocycles. The van der Waals surface area contributed by atoms with Gasteiger partial charge in [0.05, 0.1) is 6.61 Å². The Hall–Kier alpha value is -1.81. The number of carbonyl (C=O) groups excluding carboxylic acids is 2. The van der Waals surface area contributed by atoms with E-state index in [1.807, 2.05) is 28.8 Å². The number of esters is 1. The van der Waals surface area contributed by atoms with E-state index < -0.39 is 0 Å². The molecule has 0 aliphatic heterocycles. The lowest BCUT2D eigenvalue weighted by molar-refractivity contribution is -0.143. The quantitative estimate of drug-likeness (QED) is 0.643. The molecule has 1 unspecified atom stereocenters. The van der Waals surface area contributed by atoms with Gasteiger partial charge >= 0.3 is 5.97 Å². The third-order valence-electron chi connectivity index (χ3n) is 4.29. The maximum atomic E-state index is 11.9. The molecule has 1 heterocycles. The summed E-state index contributed by atoms with van der Waals surface area (Å²) in [6, 6.07) is 7.98. The van der Waals surface area contributed by atoms with E-state index in [9.17, 15) is 9.59 Å². The van der Waals surface area contributed by atoms with Crippen LogP contribution in [0.4, 0.5) is 0 Å². The zero-order valence-corrected chi connectivity index (χ0v) is 13.2. The van der Waals surface area contributed by atoms with Gasteiger partial charge in [0.1, 0.15) is 6.54 Å². The topological polar surface area (TPSA) is 48.3 Å². The molecule has 1 aliphatic carbocycles. The van der Waals surface area contributed by atoms with Gasteiger partial charge in [0.15, 0.2) is 0 Å². The third kappa shape index (κ3) is 2.63. The fourth-order valence-corrected chi connectivity index (χ4v) is 3.50. The highest BCUT2D eigenvalue weighted by molar-refractivity contribution is 6.64. The van der Waals surface area contributed by atoms with Crippen LogP contribution < -0.4 is 0 Å². The van der Waals surface area contributed by atoms with Gasteiger partial charge in [0.25, 0.3) is 0 Å². The van der Waals surface area contributed by atoms with Crippen molar-refractivity contribution in [3.05, 3.63) is 35.5 Å². The molecule has 0 fully saturated rings. The van der Waals surface area contributed by atoms with E-state index in [1.165, 1.54) is 0 Å². The second-order valence-corrected chi connectivity index (χ2v) is 5.95. The van der Waals surface area contributed by atoms with Crippen LogP contribution in [0, 0.1) is 5.92 Å². The second-order valence-electron chi connectivity index (χ2n) is 5.58. The Morgan fingerprint density at radius 3 is 2.86 bits per heavy atom. The number of benzene rings is 1. The van der Waals surface area contributed by atoms with Crippen molar-refractivity contribution in [2.24, 2.45) is 5.92 Å². The molecule has 4 nitrogen and oxygen atoms in total. The van der Waals surface area contributed by atoms with Gasteiger partial charge in [-0.25, -0.2) is 0 Å². The number of hydrogen-bond donors (Lipinski definition) is 0. The molecule has 3 rings (SSSR count). The summed E-state index contributed by atoms with van der Waals surface area (Å²) >= 11 is 5.69. The Morgan fingerprint density at radius 1 is 1.36 bits per heavy atom. The lowest BCUT2D eigenvalue weighted by Gasteiger charge is -2.21. The average molecular weight is 320 g/mol. The van der Waals surface area contributed by atoms with Crippen LogP contribution in [0.5, 0.6) is 0 Å². The van der Waals surface area contributed by atoms with Crippen molar-refractivity contribution >= 4 is 33.7 Å². The SMILES string of the molecule is CCOC(=O)Cn1c2c(c3ccccc31)CC(C(=O)Cl)CC2. The monoisotopic (exact) mass is 319 g/mol. The molecule has 0 bridgehead atoms. The molecule has 1 aromatic heterocycles. The predicted molar refractivity (Wildman–Crippen MR) is 84.9 cm³/mol. The number of hydrogen-bond acceptors (Lipinski definition) is 3. The number of halogens is 1. The van der Waals surface area contributed by atoms with Crippen molar-refractivity contribution in [3.8, 4) is 0 Å². The summed E-state index contributed by atoms with van der Waals surface area (Å²) in [6.45, 7) is 2.39. The largest absolute Gasteiger partial charge is 0.465 e. The summed E-state index contributed by atoms with van der Waals surface area (Å²) in [5.74, 6) is -0.363. The Labute approximate surface area is 134 Å². The molecule has 116 valence electrons. The van der Waals surface area contributed by atoms with Crippen molar-refractivity contribution in [1.29, 1.82) is 0 Å². The van der Waals surface area contributed by atoms with E-state index >= 15 is 0 Å². The highest BCUT2D eigenvalue weighted by Crippen LogP contribution is 2.35. The molecule has 5 heteroatoms. The lowest BCUT2D eigenvalue weighted by Crippen LogP contribution is -2.22. The minimum atomic E-state index is -0.270. The van der Waals surface area contributed by atoms with Gasteiger partial charge in [0.2, 0.25) is 5.24 Å². The molecule has 2 aromatic rings. The molecular weight excluding hydrogens is 302 g/mol. The first kappa shape index (κ1) is 15.1. The van der Waals surface area contributed by atoms with Crippen LogP contribution >= 0.6 is 11.6 Å². The van der Waals surface area contributed by atoms with E-state index in [0.29, 0.717) is 13.0 Å². The highest BCUT2D eigenvalue weighted by atomic mass is 35.5. The van der Waals surface area contributed by atoms with Gasteiger partial charge < -0.3 is 9.30 Å². The number of fused-ring (bicyclic) bond motifs is 3. The standard InChI is InChI=1S/C17H18ClNO3/c1-2-22-16(20)10-19-14-6-4-3-5-12(14)13-9-11(17(18)21)7-8-15(13)19/h3-6,11H,2,7-10H2,1H3. The van der Waals surface area contributed by atoms with E-state index in [4.69, 9.17) is 16.3 Å². The van der Waals surface area contributed by atoms with Crippen molar-refractivity contribution < 1.29 is 14.3 Å². The Balaban J connectivity index is 2.06. The van der Waals surface area contributed by atoms with Crippen molar-refractivity contribution in [2.75, 3.05) is 6.61 Å². The molecular formula is C17H18ClNO3. The lowest BCUT2D eigenvalue weighted by atomic mass is 9.87. The molecule has 1 aromatic carbocycles. The van der Waals surface area contributed by atoms with E-state index in [2.05, 4.69) is 0 Å². The number of para-hydroxylation sites is 1. The number of carbonyl (C=O) groups is 2. The van der Waals surface area contributed by atoms with Gasteiger partial charge in [-0.1, -0.05) is 18.2 Å². The normalized spacial score (nSPS) is 17.3. The zero-order chi connectivity index (χ0) is 15.7. The summed E-state index contributed by atoms with van der Waals surface area (Å²) in [6.07, 6.45) is 2.13. The second kappa shape index (κ2) is 6.13. The molecule has 0 saturated heterocycles. The number of nitrogens with zero attached hydrogens (tertiary/aromatic N) is 1. The minimum Gasteiger partial charge on any atom is -0.465 e. The first-order valence-electron chi connectivity index (χ1n) is 7.55. The number of aromatic nitrogens is 1. The van der Waals surface area contributed by atoms with Crippen LogP contribution in [0.15, 0.2) is 24.3 Å². The maximum absolute atomic E-state index is 11.9. The minimum absolute atomic E-state index is 0.129. The van der Waals surface area contributed by atoms with Crippen LogP contribution in [0.1, 0.15) is 24.6 Å². The van der Waals surface area contributed by atoms with Gasteiger partial charge in [-0.15, -0.1) is 0 Å². The Morgan fingerprint density at radius 2 is 2.14 bits per heavy atom. The van der Waals surface area contributed by atoms with E-state index in [0.717, 1.165) is 35.0 Å². The number of ether oxygens (including phenoxy) is 1. The molecule has 0 radical (unpaired) electrons. The molecule has 0 amide bonds. The van der Waals surface area contributed by atoms with Gasteiger partial charge in [-0.05, 0) is 49.4 Å². The summed E-state index contributed by atoms with van der Waals surface area (Å²) in [7, 11) is 0. The molecule has 1 aliphatic rings. The smallest absolute Gasteiger partial charge is 0.325 e. The fraction of sp³-hybridized carbons (Fsp3) is 0.412. The van der Waals surface area contributed by atoms with Crippen LogP contribution in [-0.2, 0) is 33.7 Å². The average Bonchev–Trinajstić information content (AvgIpc) is 2.81. The Kier molecular flexibility index (Phi) is 4.21. The molecule has 0 spiro atoms. The van der Waals surface area contributed by atoms with Crippen molar-refractivity contribution in [3.63, 3.8) is 0 Å². The van der Waals surface area contributed by atoms with Crippen LogP contribution in [0.2, 0.25) is 0 Å². The molecule has 0 N–H and O–H groups in total. The fourth-order valence-electron chi connectivity index (χ4n) is 3.31. The van der Waals surface area contributed by atoms with Gasteiger partial charge in [0, 0.05) is 22.5 Å². The number of rotatable bonds is 4. The summed E-state index contributed by atoms with van der Waals surface area (Å²) in [5.41, 5.74) is 3.29. The first-order chi connectivity index (χ1) is 10.6. The van der Waals surface area contributed by atoms with Crippen LogP contribution in [0.3, 0.4) is 0 Å². The van der Waals surface area contributed by atoms with Gasteiger partial charge in [-0.2, -0.15) is 0 Å². The molecule has 22 heavy (non-hydrogen) atoms. The Bertz CT molecular complexity index is 735. The van der Waals surface area contributed by atoms with Crippen molar-refractivity contribution in [2.45, 2.75) is 32.7 Å². The maximum Gasteiger partial charge on any atom is 0.325 e. The summed E-state index contributed by atoms with van der Waals surface area (Å²) in [4.78, 5) is 23.4. The molecule has 1 atom stereocenters. The van der Waals surface area contributed by atoms with Gasteiger partial charge in [-0.3, -0.25) is 9.59 Å². The summed E-state index contributed by atoms with van der Waals surface area (Å²) < 4.78 is 7.10. The van der Waals surface area contributed by atoms with Crippen LogP contribution in [0.25, 0.3) is 10.9 Å². The van der Waals surface area contributed by atoms with Crippen molar-refractivity contribution in [1.82, 2.24) is 4.57 Å².